The molecule has 8 nitrogen and oxygen atoms in total. The molecule has 2 heterocycles. The lowest BCUT2D eigenvalue weighted by molar-refractivity contribution is -0.385. The Balaban J connectivity index is 2.13. The molecule has 116 valence electrons. The van der Waals surface area contributed by atoms with Crippen molar-refractivity contribution in [3.63, 3.8) is 0 Å². The number of nitro groups is 1. The number of amidine groups is 1. The number of hydrogen-bond donors (Lipinski definition) is 1. The number of nitriles is 1. The summed E-state index contributed by atoms with van der Waals surface area (Å²) < 4.78 is 15.7. The lowest BCUT2D eigenvalue weighted by atomic mass is 9.90. The van der Waals surface area contributed by atoms with Gasteiger partial charge in [0.15, 0.2) is 5.69 Å². The Morgan fingerprint density at radius 1 is 1.52 bits per heavy atom. The number of halogens is 1. The smallest absolute Gasteiger partial charge is 0.270 e. The quantitative estimate of drug-likeness (QED) is 0.663. The molecule has 1 aliphatic rings. The van der Waals surface area contributed by atoms with E-state index in [1.165, 1.54) is 10.7 Å². The van der Waals surface area contributed by atoms with Crippen molar-refractivity contribution in [3.8, 4) is 6.07 Å². The average Bonchev–Trinajstić information content (AvgIpc) is 2.90. The van der Waals surface area contributed by atoms with Gasteiger partial charge in [-0.2, -0.15) is 10.4 Å². The zero-order valence-electron chi connectivity index (χ0n) is 12.0. The topological polar surface area (TPSA) is 123 Å². The standard InChI is InChI=1S/C14H11FN6O2/c1-14(10-5-9(21(22)23)2-3-11(10)15)7-20-12(13(17)18-14)4-8(6-16)19-20/h2-5H,7H2,1H3,(H2,17,18)/t14-/m0/s1. The fraction of sp³-hybridized carbons (Fsp3) is 0.214. The van der Waals surface area contributed by atoms with Crippen LogP contribution in [0.3, 0.4) is 0 Å². The molecule has 1 aromatic heterocycles. The number of fused-ring (bicyclic) bond motifs is 1. The highest BCUT2D eigenvalue weighted by Crippen LogP contribution is 2.35. The summed E-state index contributed by atoms with van der Waals surface area (Å²) in [7, 11) is 0. The van der Waals surface area contributed by atoms with Gasteiger partial charge >= 0.3 is 0 Å². The van der Waals surface area contributed by atoms with E-state index in [1.54, 1.807) is 6.92 Å². The number of non-ortho nitro benzene ring substituents is 1. The van der Waals surface area contributed by atoms with E-state index in [9.17, 15) is 14.5 Å². The lowest BCUT2D eigenvalue weighted by Gasteiger charge is -2.30. The fourth-order valence-corrected chi connectivity index (χ4v) is 2.63. The summed E-state index contributed by atoms with van der Waals surface area (Å²) in [6.07, 6.45) is 0. The van der Waals surface area contributed by atoms with Gasteiger partial charge in [-0.15, -0.1) is 0 Å². The Morgan fingerprint density at radius 3 is 2.91 bits per heavy atom. The number of aliphatic imine (C=N–C) groups is 1. The molecule has 3 rings (SSSR count). The van der Waals surface area contributed by atoms with Crippen molar-refractivity contribution in [1.29, 1.82) is 5.26 Å². The highest BCUT2D eigenvalue weighted by Gasteiger charge is 2.36. The maximum absolute atomic E-state index is 14.2. The van der Waals surface area contributed by atoms with Crippen molar-refractivity contribution in [2.45, 2.75) is 19.0 Å². The monoisotopic (exact) mass is 314 g/mol. The van der Waals surface area contributed by atoms with Gasteiger partial charge in [0.2, 0.25) is 0 Å². The molecule has 0 saturated heterocycles. The predicted molar refractivity (Wildman–Crippen MR) is 78.1 cm³/mol. The molecule has 0 spiro atoms. The first-order valence-electron chi connectivity index (χ1n) is 6.62. The van der Waals surface area contributed by atoms with Gasteiger partial charge in [-0.3, -0.25) is 19.8 Å². The Labute approximate surface area is 129 Å². The second-order valence-electron chi connectivity index (χ2n) is 5.38. The van der Waals surface area contributed by atoms with E-state index in [2.05, 4.69) is 10.1 Å². The van der Waals surface area contributed by atoms with Crippen molar-refractivity contribution in [3.05, 3.63) is 57.1 Å². The first-order valence-corrected chi connectivity index (χ1v) is 6.62. The van der Waals surface area contributed by atoms with E-state index in [0.717, 1.165) is 18.2 Å². The van der Waals surface area contributed by atoms with Gasteiger partial charge < -0.3 is 5.73 Å². The summed E-state index contributed by atoms with van der Waals surface area (Å²) in [6.45, 7) is 1.72. The van der Waals surface area contributed by atoms with Crippen LogP contribution in [0.1, 0.15) is 23.9 Å². The molecule has 0 radical (unpaired) electrons. The normalized spacial score (nSPS) is 19.6. The zero-order valence-corrected chi connectivity index (χ0v) is 12.0. The lowest BCUT2D eigenvalue weighted by Crippen LogP contribution is -2.37. The predicted octanol–water partition coefficient (Wildman–Crippen LogP) is 1.44. The second kappa shape index (κ2) is 4.88. The molecule has 0 unspecified atom stereocenters. The van der Waals surface area contributed by atoms with Crippen molar-refractivity contribution in [2.75, 3.05) is 0 Å². The Hall–Kier alpha value is -3.28. The van der Waals surface area contributed by atoms with Crippen molar-refractivity contribution < 1.29 is 9.31 Å². The van der Waals surface area contributed by atoms with Crippen LogP contribution in [0.2, 0.25) is 0 Å². The van der Waals surface area contributed by atoms with Crippen LogP contribution in [0.4, 0.5) is 10.1 Å². The van der Waals surface area contributed by atoms with Crippen LogP contribution in [-0.2, 0) is 12.1 Å². The number of benzene rings is 1. The van der Waals surface area contributed by atoms with Crippen LogP contribution in [0, 0.1) is 27.3 Å². The summed E-state index contributed by atoms with van der Waals surface area (Å²) in [5.41, 5.74) is 5.18. The number of nitrogens with zero attached hydrogens (tertiary/aromatic N) is 5. The molecule has 9 heteroatoms. The van der Waals surface area contributed by atoms with Crippen molar-refractivity contribution in [2.24, 2.45) is 10.7 Å². The van der Waals surface area contributed by atoms with Crippen molar-refractivity contribution in [1.82, 2.24) is 9.78 Å². The summed E-state index contributed by atoms with van der Waals surface area (Å²) in [5, 5.41) is 23.9. The summed E-state index contributed by atoms with van der Waals surface area (Å²) in [5.74, 6) is -0.524. The van der Waals surface area contributed by atoms with Crippen LogP contribution >= 0.6 is 0 Å². The minimum Gasteiger partial charge on any atom is -0.382 e. The van der Waals surface area contributed by atoms with Gasteiger partial charge in [-0.1, -0.05) is 0 Å². The number of hydrogen-bond acceptors (Lipinski definition) is 6. The average molecular weight is 314 g/mol. The van der Waals surface area contributed by atoms with Crippen LogP contribution in [0.15, 0.2) is 29.3 Å². The first kappa shape index (κ1) is 14.6. The van der Waals surface area contributed by atoms with E-state index in [0.29, 0.717) is 5.69 Å². The molecule has 2 N–H and O–H groups in total. The van der Waals surface area contributed by atoms with E-state index in [1.807, 2.05) is 6.07 Å². The number of aromatic nitrogens is 2. The molecular formula is C14H11FN6O2. The minimum absolute atomic E-state index is 0.0503. The Bertz CT molecular complexity index is 897. The molecule has 1 aromatic carbocycles. The molecule has 0 saturated carbocycles. The highest BCUT2D eigenvalue weighted by atomic mass is 19.1. The Kier molecular flexibility index (Phi) is 3.11. The van der Waals surface area contributed by atoms with E-state index in [-0.39, 0.29) is 29.3 Å². The van der Waals surface area contributed by atoms with Gasteiger partial charge in [0.25, 0.3) is 5.69 Å². The summed E-state index contributed by atoms with van der Waals surface area (Å²) in [6, 6.07) is 6.65. The number of nitrogens with two attached hydrogens (primary N) is 1. The molecule has 2 aromatic rings. The van der Waals surface area contributed by atoms with E-state index >= 15 is 0 Å². The molecule has 0 bridgehead atoms. The minimum atomic E-state index is -1.16. The van der Waals surface area contributed by atoms with E-state index < -0.39 is 16.3 Å². The molecule has 1 atom stereocenters. The van der Waals surface area contributed by atoms with Crippen LogP contribution in [0.25, 0.3) is 0 Å². The van der Waals surface area contributed by atoms with Gasteiger partial charge in [0.1, 0.15) is 29.0 Å². The van der Waals surface area contributed by atoms with E-state index in [4.69, 9.17) is 11.0 Å². The van der Waals surface area contributed by atoms with Crippen LogP contribution < -0.4 is 5.73 Å². The van der Waals surface area contributed by atoms with Crippen molar-refractivity contribution >= 4 is 11.5 Å². The molecule has 1 aliphatic heterocycles. The zero-order chi connectivity index (χ0) is 16.8. The fourth-order valence-electron chi connectivity index (χ4n) is 2.63. The third-order valence-corrected chi connectivity index (χ3v) is 3.72. The number of rotatable bonds is 2. The van der Waals surface area contributed by atoms with Gasteiger partial charge in [-0.05, 0) is 13.0 Å². The summed E-state index contributed by atoms with van der Waals surface area (Å²) >= 11 is 0. The SMILES string of the molecule is C[C@@]1(c2cc([N+](=O)[O-])ccc2F)Cn2nc(C#N)cc2C(N)=N1. The van der Waals surface area contributed by atoms with Crippen LogP contribution in [-0.4, -0.2) is 20.5 Å². The Morgan fingerprint density at radius 2 is 2.26 bits per heavy atom. The van der Waals surface area contributed by atoms with Gasteiger partial charge in [0.05, 0.1) is 11.5 Å². The molecule has 0 aliphatic carbocycles. The number of nitro benzene ring substituents is 1. The molecular weight excluding hydrogens is 303 g/mol. The van der Waals surface area contributed by atoms with Gasteiger partial charge in [-0.25, -0.2) is 4.39 Å². The molecule has 0 fully saturated rings. The highest BCUT2D eigenvalue weighted by molar-refractivity contribution is 5.97. The van der Waals surface area contributed by atoms with Gasteiger partial charge in [0, 0.05) is 23.8 Å². The first-order chi connectivity index (χ1) is 10.8. The third kappa shape index (κ3) is 2.30. The van der Waals surface area contributed by atoms with Crippen LogP contribution in [0.5, 0.6) is 0 Å². The largest absolute Gasteiger partial charge is 0.382 e. The molecule has 0 amide bonds. The maximum Gasteiger partial charge on any atom is 0.270 e. The molecule has 23 heavy (non-hydrogen) atoms. The second-order valence-corrected chi connectivity index (χ2v) is 5.38. The maximum atomic E-state index is 14.2. The third-order valence-electron chi connectivity index (χ3n) is 3.72. The summed E-state index contributed by atoms with van der Waals surface area (Å²) in [4.78, 5) is 14.6.